The van der Waals surface area contributed by atoms with E-state index in [1.165, 1.54) is 9.80 Å². The summed E-state index contributed by atoms with van der Waals surface area (Å²) >= 11 is 0. The van der Waals surface area contributed by atoms with Crippen LogP contribution in [-0.4, -0.2) is 80.7 Å². The molecule has 0 saturated carbocycles. The molecule has 0 radical (unpaired) electrons. The van der Waals surface area contributed by atoms with Gasteiger partial charge in [-0.1, -0.05) is 60.7 Å². The van der Waals surface area contributed by atoms with Crippen LogP contribution in [0, 0.1) is 0 Å². The van der Waals surface area contributed by atoms with Crippen molar-refractivity contribution in [2.75, 3.05) is 25.7 Å². The Labute approximate surface area is 300 Å². The molecule has 4 rings (SSSR count). The van der Waals surface area contributed by atoms with Gasteiger partial charge in [-0.2, -0.15) is 0 Å². The van der Waals surface area contributed by atoms with Crippen molar-refractivity contribution in [3.8, 4) is 0 Å². The molecule has 2 heterocycles. The molecule has 4 atom stereocenters. The Balaban J connectivity index is 0.000000421. The van der Waals surface area contributed by atoms with E-state index in [1.54, 1.807) is 60.7 Å². The third-order valence-electron chi connectivity index (χ3n) is 7.14. The number of aliphatic carboxylic acids is 2. The predicted molar refractivity (Wildman–Crippen MR) is 150 cm³/mol. The zero-order valence-corrected chi connectivity index (χ0v) is 30.7. The molecular formula is C28H34N2Na2O10P2. The number of rotatable bonds is 12. The van der Waals surface area contributed by atoms with E-state index in [4.69, 9.17) is 0 Å². The first-order chi connectivity index (χ1) is 19.8. The number of carboxylic acids is 2. The van der Waals surface area contributed by atoms with Crippen LogP contribution in [-0.2, 0) is 41.1 Å². The van der Waals surface area contributed by atoms with Gasteiger partial charge in [0, 0.05) is 40.7 Å². The van der Waals surface area contributed by atoms with Gasteiger partial charge < -0.3 is 38.9 Å². The minimum absolute atomic E-state index is 0. The number of carboxylic acid groups (broad SMARTS) is 2. The number of hydrogen-bond acceptors (Lipinski definition) is 8. The third-order valence-corrected chi connectivity index (χ3v) is 11.3. The van der Waals surface area contributed by atoms with Crippen LogP contribution in [0.3, 0.4) is 0 Å². The molecule has 2 N–H and O–H groups in total. The van der Waals surface area contributed by atoms with Crippen LogP contribution in [0.2, 0.25) is 0 Å². The van der Waals surface area contributed by atoms with E-state index in [-0.39, 0.29) is 83.8 Å². The normalized spacial score (nSPS) is 18.4. The van der Waals surface area contributed by atoms with Crippen molar-refractivity contribution >= 4 is 38.5 Å². The first-order valence-corrected chi connectivity index (χ1v) is 17.2. The van der Waals surface area contributed by atoms with Gasteiger partial charge in [-0.25, -0.2) is 0 Å². The average molecular weight is 667 g/mol. The molecule has 2 fully saturated rings. The molecule has 2 aromatic rings. The summed E-state index contributed by atoms with van der Waals surface area (Å²) < 4.78 is 24.7. The summed E-state index contributed by atoms with van der Waals surface area (Å²) in [6, 6.07) is 17.2. The zero-order chi connectivity index (χ0) is 30.9. The molecule has 2 aliphatic rings. The Morgan fingerprint density at radius 1 is 0.682 bits per heavy atom. The molecular weight excluding hydrogens is 632 g/mol. The van der Waals surface area contributed by atoms with E-state index in [0.717, 1.165) is 0 Å². The molecule has 4 unspecified atom stereocenters. The fourth-order valence-electron chi connectivity index (χ4n) is 4.84. The van der Waals surface area contributed by atoms with Crippen molar-refractivity contribution in [2.24, 2.45) is 0 Å². The van der Waals surface area contributed by atoms with E-state index in [2.05, 4.69) is 0 Å². The van der Waals surface area contributed by atoms with Crippen molar-refractivity contribution in [2.45, 2.75) is 49.8 Å². The largest absolute Gasteiger partial charge is 1.00 e. The van der Waals surface area contributed by atoms with Crippen LogP contribution >= 0.6 is 14.7 Å². The van der Waals surface area contributed by atoms with Crippen LogP contribution in [0.25, 0.3) is 0 Å². The average Bonchev–Trinajstić information content (AvgIpc) is 3.53. The smallest absolute Gasteiger partial charge is 0.798 e. The second-order valence-corrected chi connectivity index (χ2v) is 15.1. The second-order valence-electron chi connectivity index (χ2n) is 10.3. The summed E-state index contributed by atoms with van der Waals surface area (Å²) in [5.41, 5.74) is -1.72. The van der Waals surface area contributed by atoms with Gasteiger partial charge >= 0.3 is 71.1 Å². The van der Waals surface area contributed by atoms with Crippen molar-refractivity contribution in [3.05, 3.63) is 71.8 Å². The molecule has 0 aromatic heterocycles. The van der Waals surface area contributed by atoms with Crippen molar-refractivity contribution < 1.29 is 107 Å². The van der Waals surface area contributed by atoms with Gasteiger partial charge in [-0.3, -0.25) is 19.2 Å². The van der Waals surface area contributed by atoms with E-state index in [9.17, 15) is 48.3 Å². The number of carbonyl (C=O) groups excluding carboxylic acids is 2. The molecule has 0 spiro atoms. The van der Waals surface area contributed by atoms with Gasteiger partial charge in [0.15, 0.2) is 0 Å². The maximum Gasteiger partial charge on any atom is 1.00 e. The summed E-state index contributed by atoms with van der Waals surface area (Å²) in [5.74, 6) is -3.20. The first-order valence-electron chi connectivity index (χ1n) is 13.5. The zero-order valence-electron chi connectivity index (χ0n) is 24.9. The maximum atomic E-state index is 12.3. The molecule has 2 amide bonds. The number of nitrogens with zero attached hydrogens (tertiary/aromatic N) is 2. The summed E-state index contributed by atoms with van der Waals surface area (Å²) in [4.78, 5) is 72.8. The number of carbonyl (C=O) groups is 4. The molecule has 44 heavy (non-hydrogen) atoms. The molecule has 2 aliphatic heterocycles. The minimum atomic E-state index is -4.26. The molecule has 2 saturated heterocycles. The Bertz CT molecular complexity index is 1260. The number of hydrogen-bond donors (Lipinski definition) is 2. The van der Waals surface area contributed by atoms with Crippen LogP contribution in [0.15, 0.2) is 60.7 Å². The summed E-state index contributed by atoms with van der Waals surface area (Å²) in [5, 5.41) is 18.5. The van der Waals surface area contributed by atoms with Crippen molar-refractivity contribution in [1.82, 2.24) is 9.80 Å². The topological polar surface area (TPSA) is 195 Å². The Morgan fingerprint density at radius 2 is 1.00 bits per heavy atom. The SMILES string of the molecule is O=C(O)C(Cc1ccccc1)P(=O)([O-])CN1CCCC1=O.O=C(O)C(Cc1ccccc1)P(=O)([O-])CN1CCCC1=O.[Na+].[Na+]. The maximum absolute atomic E-state index is 12.3. The van der Waals surface area contributed by atoms with Gasteiger partial charge in [0.05, 0.1) is 12.6 Å². The van der Waals surface area contributed by atoms with Crippen LogP contribution < -0.4 is 68.9 Å². The van der Waals surface area contributed by atoms with E-state index in [1.807, 2.05) is 0 Å². The van der Waals surface area contributed by atoms with Crippen LogP contribution in [0.4, 0.5) is 0 Å². The number of benzene rings is 2. The van der Waals surface area contributed by atoms with Crippen LogP contribution in [0.5, 0.6) is 0 Å². The van der Waals surface area contributed by atoms with E-state index >= 15 is 0 Å². The van der Waals surface area contributed by atoms with Gasteiger partial charge in [0.25, 0.3) is 0 Å². The van der Waals surface area contributed by atoms with Gasteiger partial charge in [-0.05, 0) is 36.8 Å². The summed E-state index contributed by atoms with van der Waals surface area (Å²) in [7, 11) is -8.51. The monoisotopic (exact) mass is 666 g/mol. The van der Waals surface area contributed by atoms with Crippen molar-refractivity contribution in [1.29, 1.82) is 0 Å². The van der Waals surface area contributed by atoms with Gasteiger partial charge in [0.1, 0.15) is 11.3 Å². The number of likely N-dealkylation sites (tertiary alicyclic amines) is 2. The standard InChI is InChI=1S/2C14H18NO5P.2Na/c2*16-13-7-4-8-15(13)10-21(19,20)12(14(17)18)9-11-5-2-1-3-6-11;;/h2*1-3,5-6,12H,4,7-10H2,(H,17,18)(H,19,20);;/q;;2*+1/p-2. The molecule has 16 heteroatoms. The number of amides is 2. The summed E-state index contributed by atoms with van der Waals surface area (Å²) in [6.45, 7) is 0.755. The fourth-order valence-corrected chi connectivity index (χ4v) is 8.44. The van der Waals surface area contributed by atoms with Gasteiger partial charge in [-0.15, -0.1) is 0 Å². The Hall–Kier alpha value is -1.30. The quantitative estimate of drug-likeness (QED) is 0.166. The van der Waals surface area contributed by atoms with Crippen molar-refractivity contribution in [3.63, 3.8) is 0 Å². The molecule has 228 valence electrons. The minimum Gasteiger partial charge on any atom is -0.798 e. The van der Waals surface area contributed by atoms with Gasteiger partial charge in [0.2, 0.25) is 11.8 Å². The van der Waals surface area contributed by atoms with E-state index in [0.29, 0.717) is 49.9 Å². The fraction of sp³-hybridized carbons (Fsp3) is 0.429. The Morgan fingerprint density at radius 3 is 1.25 bits per heavy atom. The predicted octanol–water partition coefficient (Wildman–Crippen LogP) is -4.19. The third kappa shape index (κ3) is 12.1. The second kappa shape index (κ2) is 18.7. The molecule has 2 aromatic carbocycles. The van der Waals surface area contributed by atoms with Crippen LogP contribution in [0.1, 0.15) is 36.8 Å². The molecule has 0 aliphatic carbocycles. The molecule has 0 bridgehead atoms. The Kier molecular flexibility index (Phi) is 17.4. The summed E-state index contributed by atoms with van der Waals surface area (Å²) in [6.07, 6.45) is 0.751. The van der Waals surface area contributed by atoms with E-state index < -0.39 is 50.6 Å². The molecule has 12 nitrogen and oxygen atoms in total. The first kappa shape index (κ1) is 40.7.